The van der Waals surface area contributed by atoms with Crippen LogP contribution in [-0.4, -0.2) is 36.7 Å². The third-order valence-corrected chi connectivity index (χ3v) is 3.44. The molecule has 0 bridgehead atoms. The fourth-order valence-corrected chi connectivity index (χ4v) is 2.22. The SMILES string of the molecule is CC(=O)Nc1ccc(/C=C/C(=O)Nc2cccc(C(=O)N(C)C)c2)cc1. The standard InChI is InChI=1S/C20H21N3O3/c1-14(24)21-17-10-7-15(8-11-17)9-12-19(25)22-18-6-4-5-16(13-18)20(26)23(2)3/h4-13H,1-3H3,(H,21,24)(H,22,25)/b12-9+. The number of carbonyl (C=O) groups is 3. The van der Waals surface area contributed by atoms with Crippen LogP contribution in [0.4, 0.5) is 11.4 Å². The predicted octanol–water partition coefficient (Wildman–Crippen LogP) is 3.00. The first-order valence-electron chi connectivity index (χ1n) is 8.03. The molecule has 0 aliphatic heterocycles. The highest BCUT2D eigenvalue weighted by molar-refractivity contribution is 6.03. The highest BCUT2D eigenvalue weighted by atomic mass is 16.2. The van der Waals surface area contributed by atoms with Gasteiger partial charge in [-0.1, -0.05) is 18.2 Å². The molecule has 26 heavy (non-hydrogen) atoms. The molecule has 0 aromatic heterocycles. The fraction of sp³-hybridized carbons (Fsp3) is 0.150. The number of rotatable bonds is 5. The first-order valence-corrected chi connectivity index (χ1v) is 8.03. The molecule has 2 N–H and O–H groups in total. The van der Waals surface area contributed by atoms with E-state index in [2.05, 4.69) is 10.6 Å². The Balaban J connectivity index is 2.00. The molecule has 6 nitrogen and oxygen atoms in total. The summed E-state index contributed by atoms with van der Waals surface area (Å²) in [6.45, 7) is 1.44. The van der Waals surface area contributed by atoms with Gasteiger partial charge in [0.1, 0.15) is 0 Å². The second-order valence-electron chi connectivity index (χ2n) is 5.91. The zero-order chi connectivity index (χ0) is 19.1. The van der Waals surface area contributed by atoms with Gasteiger partial charge in [-0.2, -0.15) is 0 Å². The zero-order valence-electron chi connectivity index (χ0n) is 14.9. The highest BCUT2D eigenvalue weighted by Gasteiger charge is 2.08. The lowest BCUT2D eigenvalue weighted by Crippen LogP contribution is -2.21. The maximum Gasteiger partial charge on any atom is 0.253 e. The van der Waals surface area contributed by atoms with Gasteiger partial charge in [-0.05, 0) is 42.0 Å². The lowest BCUT2D eigenvalue weighted by Gasteiger charge is -2.11. The molecular weight excluding hydrogens is 330 g/mol. The van der Waals surface area contributed by atoms with E-state index < -0.39 is 0 Å². The lowest BCUT2D eigenvalue weighted by molar-refractivity contribution is -0.114. The van der Waals surface area contributed by atoms with Crippen molar-refractivity contribution in [2.75, 3.05) is 24.7 Å². The topological polar surface area (TPSA) is 78.5 Å². The van der Waals surface area contributed by atoms with Gasteiger partial charge in [-0.3, -0.25) is 14.4 Å². The van der Waals surface area contributed by atoms with Crippen LogP contribution in [0.15, 0.2) is 54.6 Å². The van der Waals surface area contributed by atoms with Crippen LogP contribution in [0, 0.1) is 0 Å². The van der Waals surface area contributed by atoms with Crippen molar-refractivity contribution in [1.29, 1.82) is 0 Å². The number of nitrogens with one attached hydrogen (secondary N) is 2. The predicted molar refractivity (Wildman–Crippen MR) is 103 cm³/mol. The van der Waals surface area contributed by atoms with Gasteiger partial charge in [0.2, 0.25) is 11.8 Å². The second kappa shape index (κ2) is 8.62. The van der Waals surface area contributed by atoms with Crippen LogP contribution in [0.2, 0.25) is 0 Å². The van der Waals surface area contributed by atoms with Gasteiger partial charge in [0.25, 0.3) is 5.91 Å². The zero-order valence-corrected chi connectivity index (χ0v) is 14.9. The smallest absolute Gasteiger partial charge is 0.253 e. The lowest BCUT2D eigenvalue weighted by atomic mass is 10.1. The summed E-state index contributed by atoms with van der Waals surface area (Å²) in [5.41, 5.74) is 2.57. The molecule has 0 heterocycles. The van der Waals surface area contributed by atoms with Crippen molar-refractivity contribution in [3.8, 4) is 0 Å². The summed E-state index contributed by atoms with van der Waals surface area (Å²) >= 11 is 0. The second-order valence-corrected chi connectivity index (χ2v) is 5.91. The van der Waals surface area contributed by atoms with E-state index >= 15 is 0 Å². The normalized spacial score (nSPS) is 10.4. The Morgan fingerprint density at radius 1 is 0.923 bits per heavy atom. The molecule has 0 saturated heterocycles. The minimum absolute atomic E-state index is 0.129. The molecule has 0 unspecified atom stereocenters. The maximum absolute atomic E-state index is 12.1. The molecule has 6 heteroatoms. The summed E-state index contributed by atoms with van der Waals surface area (Å²) in [7, 11) is 3.35. The molecule has 3 amide bonds. The molecule has 2 aromatic rings. The average Bonchev–Trinajstić information content (AvgIpc) is 2.60. The molecular formula is C20H21N3O3. The van der Waals surface area contributed by atoms with E-state index in [0.29, 0.717) is 16.9 Å². The van der Waals surface area contributed by atoms with E-state index in [1.54, 1.807) is 68.7 Å². The van der Waals surface area contributed by atoms with Crippen molar-refractivity contribution >= 4 is 35.2 Å². The first kappa shape index (κ1) is 18.9. The molecule has 0 saturated carbocycles. The van der Waals surface area contributed by atoms with Crippen LogP contribution < -0.4 is 10.6 Å². The molecule has 134 valence electrons. The van der Waals surface area contributed by atoms with Gasteiger partial charge in [0.05, 0.1) is 0 Å². The van der Waals surface area contributed by atoms with Gasteiger partial charge in [0, 0.05) is 44.0 Å². The van der Waals surface area contributed by atoms with E-state index in [-0.39, 0.29) is 17.7 Å². The summed E-state index contributed by atoms with van der Waals surface area (Å²) in [6, 6.07) is 13.9. The number of hydrogen-bond donors (Lipinski definition) is 2. The van der Waals surface area contributed by atoms with Crippen molar-refractivity contribution in [2.45, 2.75) is 6.92 Å². The van der Waals surface area contributed by atoms with Gasteiger partial charge >= 0.3 is 0 Å². The van der Waals surface area contributed by atoms with Gasteiger partial charge < -0.3 is 15.5 Å². The monoisotopic (exact) mass is 351 g/mol. The van der Waals surface area contributed by atoms with E-state index in [1.165, 1.54) is 17.9 Å². The number of hydrogen-bond acceptors (Lipinski definition) is 3. The van der Waals surface area contributed by atoms with Crippen LogP contribution in [-0.2, 0) is 9.59 Å². The largest absolute Gasteiger partial charge is 0.345 e. The van der Waals surface area contributed by atoms with Crippen molar-refractivity contribution in [3.05, 3.63) is 65.7 Å². The summed E-state index contributed by atoms with van der Waals surface area (Å²) in [5.74, 6) is -0.566. The summed E-state index contributed by atoms with van der Waals surface area (Å²) < 4.78 is 0. The van der Waals surface area contributed by atoms with Crippen LogP contribution >= 0.6 is 0 Å². The van der Waals surface area contributed by atoms with E-state index in [1.807, 2.05) is 0 Å². The quantitative estimate of drug-likeness (QED) is 0.813. The third-order valence-electron chi connectivity index (χ3n) is 3.44. The Morgan fingerprint density at radius 2 is 1.62 bits per heavy atom. The Hall–Kier alpha value is -3.41. The molecule has 2 aromatic carbocycles. The average molecular weight is 351 g/mol. The van der Waals surface area contributed by atoms with Crippen molar-refractivity contribution in [2.24, 2.45) is 0 Å². The van der Waals surface area contributed by atoms with Gasteiger partial charge in [0.15, 0.2) is 0 Å². The number of anilines is 2. The first-order chi connectivity index (χ1) is 12.3. The van der Waals surface area contributed by atoms with Crippen molar-refractivity contribution in [3.63, 3.8) is 0 Å². The fourth-order valence-electron chi connectivity index (χ4n) is 2.22. The number of nitrogens with zero attached hydrogens (tertiary/aromatic N) is 1. The summed E-state index contributed by atoms with van der Waals surface area (Å²) in [5, 5.41) is 5.41. The minimum Gasteiger partial charge on any atom is -0.345 e. The number of amides is 3. The summed E-state index contributed by atoms with van der Waals surface area (Å²) in [6.07, 6.45) is 3.08. The number of carbonyl (C=O) groups excluding carboxylic acids is 3. The van der Waals surface area contributed by atoms with Crippen LogP contribution in [0.25, 0.3) is 6.08 Å². The summed E-state index contributed by atoms with van der Waals surface area (Å²) in [4.78, 5) is 36.5. The highest BCUT2D eigenvalue weighted by Crippen LogP contribution is 2.13. The van der Waals surface area contributed by atoms with E-state index in [9.17, 15) is 14.4 Å². The molecule has 0 aliphatic carbocycles. The van der Waals surface area contributed by atoms with Crippen molar-refractivity contribution in [1.82, 2.24) is 4.90 Å². The van der Waals surface area contributed by atoms with Gasteiger partial charge in [-0.25, -0.2) is 0 Å². The number of benzene rings is 2. The van der Waals surface area contributed by atoms with Crippen LogP contribution in [0.3, 0.4) is 0 Å². The van der Waals surface area contributed by atoms with E-state index in [4.69, 9.17) is 0 Å². The van der Waals surface area contributed by atoms with Crippen molar-refractivity contribution < 1.29 is 14.4 Å². The Bertz CT molecular complexity index is 840. The minimum atomic E-state index is -0.301. The molecule has 0 radical (unpaired) electrons. The molecule has 0 fully saturated rings. The third kappa shape index (κ3) is 5.59. The van der Waals surface area contributed by atoms with Gasteiger partial charge in [-0.15, -0.1) is 0 Å². The molecule has 0 atom stereocenters. The molecule has 2 rings (SSSR count). The van der Waals surface area contributed by atoms with Crippen LogP contribution in [0.5, 0.6) is 0 Å². The maximum atomic E-state index is 12.1. The van der Waals surface area contributed by atoms with Crippen LogP contribution in [0.1, 0.15) is 22.8 Å². The molecule has 0 aliphatic rings. The Kier molecular flexibility index (Phi) is 6.27. The molecule has 0 spiro atoms. The Morgan fingerprint density at radius 3 is 2.23 bits per heavy atom. The van der Waals surface area contributed by atoms with E-state index in [0.717, 1.165) is 5.56 Å². The Labute approximate surface area is 152 Å².